The van der Waals surface area contributed by atoms with Gasteiger partial charge >= 0.3 is 0 Å². The molecule has 5 heteroatoms. The zero-order valence-electron chi connectivity index (χ0n) is 17.5. The predicted molar refractivity (Wildman–Crippen MR) is 114 cm³/mol. The molecule has 1 heterocycles. The van der Waals surface area contributed by atoms with Gasteiger partial charge in [0, 0.05) is 37.7 Å². The topological polar surface area (TPSA) is 43.7 Å². The predicted octanol–water partition coefficient (Wildman–Crippen LogP) is 4.34. The van der Waals surface area contributed by atoms with E-state index >= 15 is 0 Å². The van der Waals surface area contributed by atoms with E-state index in [-0.39, 0.29) is 5.56 Å². The number of hydrogen-bond acceptors (Lipinski definition) is 3. The smallest absolute Gasteiger partial charge is 0.271 e. The third kappa shape index (κ3) is 6.78. The second-order valence-electron chi connectivity index (χ2n) is 7.56. The Kier molecular flexibility index (Phi) is 8.58. The molecule has 0 radical (unpaired) electrons. The van der Waals surface area contributed by atoms with Crippen molar-refractivity contribution in [2.75, 3.05) is 19.6 Å². The van der Waals surface area contributed by atoms with Crippen LogP contribution in [0.1, 0.15) is 56.7 Å². The van der Waals surface area contributed by atoms with Gasteiger partial charge in [0.1, 0.15) is 0 Å². The Labute approximate surface area is 172 Å². The van der Waals surface area contributed by atoms with Gasteiger partial charge in [-0.05, 0) is 42.2 Å². The first-order chi connectivity index (χ1) is 13.8. The third-order valence-electron chi connectivity index (χ3n) is 4.92. The van der Waals surface area contributed by atoms with Gasteiger partial charge in [-0.25, -0.2) is 8.78 Å². The molecule has 2 rings (SSSR count). The number of β-amino-alcohol motifs (C(OH)–C–C–N with tert-alkyl or cyclic N) is 2. The van der Waals surface area contributed by atoms with Gasteiger partial charge in [-0.3, -0.25) is 4.90 Å². The van der Waals surface area contributed by atoms with Crippen LogP contribution in [0.15, 0.2) is 36.4 Å². The second kappa shape index (κ2) is 10.7. The number of rotatable bonds is 7. The summed E-state index contributed by atoms with van der Waals surface area (Å²) < 4.78 is 28.6. The van der Waals surface area contributed by atoms with Crippen LogP contribution >= 0.6 is 0 Å². The number of alkyl halides is 2. The second-order valence-corrected chi connectivity index (χ2v) is 7.56. The van der Waals surface area contributed by atoms with Gasteiger partial charge in [-0.15, -0.1) is 0 Å². The van der Waals surface area contributed by atoms with Crippen molar-refractivity contribution in [2.24, 2.45) is 0 Å². The average Bonchev–Trinajstić information content (AvgIpc) is 2.98. The van der Waals surface area contributed by atoms with Crippen LogP contribution in [-0.2, 0) is 5.92 Å². The van der Waals surface area contributed by atoms with Gasteiger partial charge in [0.2, 0.25) is 0 Å². The van der Waals surface area contributed by atoms with E-state index in [1.165, 1.54) is 6.07 Å². The molecule has 1 fully saturated rings. The minimum atomic E-state index is -2.94. The molecule has 158 valence electrons. The zero-order valence-corrected chi connectivity index (χ0v) is 17.5. The Bertz CT molecular complexity index is 789. The first-order valence-corrected chi connectivity index (χ1v) is 10.2. The maximum atomic E-state index is 14.3. The number of aliphatic hydroxyl groups is 2. The Hall–Kier alpha value is -2.00. The summed E-state index contributed by atoms with van der Waals surface area (Å²) in [5.74, 6) is 2.86. The van der Waals surface area contributed by atoms with Crippen LogP contribution in [-0.4, -0.2) is 47.0 Å². The normalized spacial score (nSPS) is 20.9. The molecule has 1 saturated heterocycles. The summed E-state index contributed by atoms with van der Waals surface area (Å²) in [5.41, 5.74) is 2.13. The molecule has 1 aliphatic rings. The minimum Gasteiger partial charge on any atom is -0.389 e. The molecule has 1 aliphatic heterocycles. The van der Waals surface area contributed by atoms with Crippen molar-refractivity contribution < 1.29 is 19.0 Å². The van der Waals surface area contributed by atoms with Crippen LogP contribution in [0.3, 0.4) is 0 Å². The van der Waals surface area contributed by atoms with E-state index in [0.717, 1.165) is 31.8 Å². The van der Waals surface area contributed by atoms with E-state index in [0.29, 0.717) is 30.8 Å². The number of allylic oxidation sites excluding steroid dienone is 3. The minimum absolute atomic E-state index is 0.0153. The summed E-state index contributed by atoms with van der Waals surface area (Å²) in [6.07, 6.45) is 6.60. The molecule has 0 amide bonds. The summed E-state index contributed by atoms with van der Waals surface area (Å²) in [6, 6.07) is 5.03. The van der Waals surface area contributed by atoms with Crippen LogP contribution in [0.2, 0.25) is 0 Å². The number of nitrogens with zero attached hydrogens (tertiary/aromatic N) is 1. The third-order valence-corrected chi connectivity index (χ3v) is 4.92. The van der Waals surface area contributed by atoms with Crippen LogP contribution in [0, 0.1) is 11.8 Å². The van der Waals surface area contributed by atoms with Crippen molar-refractivity contribution in [2.45, 2.75) is 58.2 Å². The standard InChI is InChI=1S/C24H31F2NO2/c1-4-9-19(10-5-2)20-13-12-18(15-21(20)24(3,25)26)11-7-6-8-14-27-16-22(28)23(29)17-27/h6,8-9,12-13,15,22-23,28-29H,4-5,10,14,16-17H2,1-3H3/b8-6-,19-9+. The molecule has 1 aromatic rings. The van der Waals surface area contributed by atoms with Crippen molar-refractivity contribution in [3.63, 3.8) is 0 Å². The molecule has 0 saturated carbocycles. The van der Waals surface area contributed by atoms with Crippen LogP contribution < -0.4 is 0 Å². The lowest BCUT2D eigenvalue weighted by molar-refractivity contribution is 0.0171. The van der Waals surface area contributed by atoms with Crippen LogP contribution in [0.4, 0.5) is 8.78 Å². The highest BCUT2D eigenvalue weighted by Gasteiger charge is 2.29. The van der Waals surface area contributed by atoms with E-state index in [1.807, 2.05) is 30.9 Å². The maximum absolute atomic E-state index is 14.3. The fraction of sp³-hybridized carbons (Fsp3) is 0.500. The molecular weight excluding hydrogens is 372 g/mol. The highest BCUT2D eigenvalue weighted by Crippen LogP contribution is 2.35. The van der Waals surface area contributed by atoms with Crippen molar-refractivity contribution in [3.8, 4) is 11.8 Å². The van der Waals surface area contributed by atoms with Gasteiger partial charge in [0.05, 0.1) is 12.2 Å². The quantitative estimate of drug-likeness (QED) is 0.666. The number of hydrogen-bond donors (Lipinski definition) is 2. The summed E-state index contributed by atoms with van der Waals surface area (Å²) >= 11 is 0. The average molecular weight is 404 g/mol. The van der Waals surface area contributed by atoms with E-state index in [4.69, 9.17) is 0 Å². The van der Waals surface area contributed by atoms with Gasteiger partial charge < -0.3 is 10.2 Å². The SMILES string of the molecule is CC/C=C(\CCC)c1ccc(C#C/C=C\CN2CC(O)C(O)C2)cc1C(C)(F)F. The molecule has 0 bridgehead atoms. The highest BCUT2D eigenvalue weighted by atomic mass is 19.3. The molecule has 0 aromatic heterocycles. The summed E-state index contributed by atoms with van der Waals surface area (Å²) in [7, 11) is 0. The van der Waals surface area contributed by atoms with Gasteiger partial charge in [-0.2, -0.15) is 0 Å². The van der Waals surface area contributed by atoms with E-state index in [2.05, 4.69) is 11.8 Å². The lowest BCUT2D eigenvalue weighted by Crippen LogP contribution is -2.22. The zero-order chi connectivity index (χ0) is 21.4. The molecule has 2 atom stereocenters. The number of halogens is 2. The fourth-order valence-electron chi connectivity index (χ4n) is 3.51. The first kappa shape index (κ1) is 23.3. The molecule has 1 aromatic carbocycles. The number of aliphatic hydroxyl groups excluding tert-OH is 2. The summed E-state index contributed by atoms with van der Waals surface area (Å²) in [6.45, 7) is 6.42. The fourth-order valence-corrected chi connectivity index (χ4v) is 3.51. The van der Waals surface area contributed by atoms with Gasteiger partial charge in [-0.1, -0.05) is 50.3 Å². The van der Waals surface area contributed by atoms with Crippen molar-refractivity contribution in [1.29, 1.82) is 0 Å². The largest absolute Gasteiger partial charge is 0.389 e. The molecule has 0 aliphatic carbocycles. The molecule has 0 spiro atoms. The summed E-state index contributed by atoms with van der Waals surface area (Å²) in [4.78, 5) is 1.92. The van der Waals surface area contributed by atoms with E-state index in [9.17, 15) is 19.0 Å². The molecule has 29 heavy (non-hydrogen) atoms. The molecule has 2 N–H and O–H groups in total. The number of likely N-dealkylation sites (tertiary alicyclic amines) is 1. The molecule has 2 unspecified atom stereocenters. The van der Waals surface area contributed by atoms with Crippen molar-refractivity contribution in [1.82, 2.24) is 4.90 Å². The maximum Gasteiger partial charge on any atom is 0.271 e. The lowest BCUT2D eigenvalue weighted by Gasteiger charge is -2.18. The summed E-state index contributed by atoms with van der Waals surface area (Å²) in [5, 5.41) is 19.1. The Morgan fingerprint density at radius 3 is 2.52 bits per heavy atom. The molecule has 3 nitrogen and oxygen atoms in total. The van der Waals surface area contributed by atoms with Gasteiger partial charge in [0.25, 0.3) is 5.92 Å². The number of benzene rings is 1. The van der Waals surface area contributed by atoms with Crippen molar-refractivity contribution in [3.05, 3.63) is 53.1 Å². The van der Waals surface area contributed by atoms with Gasteiger partial charge in [0.15, 0.2) is 0 Å². The van der Waals surface area contributed by atoms with E-state index < -0.39 is 18.1 Å². The van der Waals surface area contributed by atoms with E-state index in [1.54, 1.807) is 18.2 Å². The van der Waals surface area contributed by atoms with Crippen molar-refractivity contribution >= 4 is 5.57 Å². The first-order valence-electron chi connectivity index (χ1n) is 10.2. The Morgan fingerprint density at radius 2 is 1.93 bits per heavy atom. The van der Waals surface area contributed by atoms with Crippen LogP contribution in [0.25, 0.3) is 5.57 Å². The lowest BCUT2D eigenvalue weighted by atomic mass is 9.91. The Balaban J connectivity index is 2.16. The monoisotopic (exact) mass is 403 g/mol. The Morgan fingerprint density at radius 1 is 1.24 bits per heavy atom. The highest BCUT2D eigenvalue weighted by molar-refractivity contribution is 5.70. The molecular formula is C24H31F2NO2. The van der Waals surface area contributed by atoms with Crippen LogP contribution in [0.5, 0.6) is 0 Å².